The van der Waals surface area contributed by atoms with Crippen LogP contribution in [-0.4, -0.2) is 16.7 Å². The van der Waals surface area contributed by atoms with Crippen LogP contribution in [-0.2, 0) is 0 Å². The van der Waals surface area contributed by atoms with Crippen molar-refractivity contribution in [2.45, 2.75) is 0 Å². The summed E-state index contributed by atoms with van der Waals surface area (Å²) in [4.78, 5) is 3.07. The molecule has 0 spiro atoms. The van der Waals surface area contributed by atoms with E-state index < -0.39 is 5.82 Å². The van der Waals surface area contributed by atoms with E-state index in [1.54, 1.807) is 28.8 Å². The minimum Gasteiger partial charge on any atom is -0.494 e. The monoisotopic (exact) mass is 308 g/mol. The number of aromatic amines is 1. The average molecular weight is 309 g/mol. The van der Waals surface area contributed by atoms with Gasteiger partial charge in [-0.05, 0) is 42.5 Å². The second kappa shape index (κ2) is 4.92. The van der Waals surface area contributed by atoms with Crippen LogP contribution >= 0.6 is 23.8 Å². The molecule has 6 heteroatoms. The van der Waals surface area contributed by atoms with E-state index in [4.69, 9.17) is 28.6 Å². The van der Waals surface area contributed by atoms with Gasteiger partial charge in [0.15, 0.2) is 16.3 Å². The molecule has 0 radical (unpaired) electrons. The number of ether oxygens (including phenoxy) is 1. The summed E-state index contributed by atoms with van der Waals surface area (Å²) in [5.74, 6) is -0.249. The van der Waals surface area contributed by atoms with Crippen molar-refractivity contribution < 1.29 is 9.13 Å². The van der Waals surface area contributed by atoms with E-state index in [2.05, 4.69) is 4.98 Å². The van der Waals surface area contributed by atoms with Crippen molar-refractivity contribution in [1.29, 1.82) is 0 Å². The fourth-order valence-corrected chi connectivity index (χ4v) is 2.61. The summed E-state index contributed by atoms with van der Waals surface area (Å²) in [5, 5.41) is 0.592. The van der Waals surface area contributed by atoms with Crippen molar-refractivity contribution >= 4 is 34.9 Å². The van der Waals surface area contributed by atoms with Crippen molar-refractivity contribution in [3.05, 3.63) is 52.0 Å². The van der Waals surface area contributed by atoms with Crippen LogP contribution in [0.25, 0.3) is 16.7 Å². The van der Waals surface area contributed by atoms with Gasteiger partial charge in [0, 0.05) is 11.1 Å². The zero-order chi connectivity index (χ0) is 14.3. The number of rotatable bonds is 2. The van der Waals surface area contributed by atoms with E-state index in [1.807, 2.05) is 6.07 Å². The Morgan fingerprint density at radius 3 is 2.75 bits per heavy atom. The zero-order valence-corrected chi connectivity index (χ0v) is 12.1. The molecule has 0 bridgehead atoms. The van der Waals surface area contributed by atoms with E-state index in [0.717, 1.165) is 11.0 Å². The first-order valence-electron chi connectivity index (χ1n) is 5.84. The van der Waals surface area contributed by atoms with Crippen LogP contribution in [0.15, 0.2) is 36.4 Å². The van der Waals surface area contributed by atoms with Gasteiger partial charge in [0.2, 0.25) is 0 Å². The molecular weight excluding hydrogens is 299 g/mol. The van der Waals surface area contributed by atoms with E-state index >= 15 is 0 Å². The summed E-state index contributed by atoms with van der Waals surface area (Å²) in [7, 11) is 1.43. The molecule has 1 N–H and O–H groups in total. The van der Waals surface area contributed by atoms with E-state index in [0.29, 0.717) is 15.5 Å². The van der Waals surface area contributed by atoms with E-state index in [-0.39, 0.29) is 5.75 Å². The van der Waals surface area contributed by atoms with Crippen molar-refractivity contribution in [3.63, 3.8) is 0 Å². The number of halogens is 2. The predicted octanol–water partition coefficient (Wildman–Crippen LogP) is 4.49. The third kappa shape index (κ3) is 2.09. The number of imidazole rings is 1. The second-order valence-corrected chi connectivity index (χ2v) is 5.07. The quantitative estimate of drug-likeness (QED) is 0.707. The van der Waals surface area contributed by atoms with Crippen LogP contribution < -0.4 is 4.74 Å². The lowest BCUT2D eigenvalue weighted by Gasteiger charge is -2.07. The summed E-state index contributed by atoms with van der Waals surface area (Å²) in [5.41, 5.74) is 2.25. The Bertz CT molecular complexity index is 856. The number of hydrogen-bond acceptors (Lipinski definition) is 2. The maximum Gasteiger partial charge on any atom is 0.182 e. The number of aromatic nitrogens is 2. The van der Waals surface area contributed by atoms with Crippen LogP contribution in [0.2, 0.25) is 5.02 Å². The van der Waals surface area contributed by atoms with Crippen LogP contribution in [0, 0.1) is 10.6 Å². The molecule has 0 saturated carbocycles. The van der Waals surface area contributed by atoms with Crippen LogP contribution in [0.1, 0.15) is 0 Å². The van der Waals surface area contributed by atoms with Crippen LogP contribution in [0.5, 0.6) is 5.75 Å². The number of fused-ring (bicyclic) bond motifs is 1. The molecule has 0 fully saturated rings. The van der Waals surface area contributed by atoms with Gasteiger partial charge in [-0.25, -0.2) is 4.39 Å². The lowest BCUT2D eigenvalue weighted by atomic mass is 10.2. The molecule has 20 heavy (non-hydrogen) atoms. The third-order valence-corrected chi connectivity index (χ3v) is 3.56. The van der Waals surface area contributed by atoms with Gasteiger partial charge < -0.3 is 9.72 Å². The van der Waals surface area contributed by atoms with Crippen molar-refractivity contribution in [1.82, 2.24) is 9.55 Å². The Kier molecular flexibility index (Phi) is 3.23. The fourth-order valence-electron chi connectivity index (χ4n) is 2.13. The molecule has 3 nitrogen and oxygen atoms in total. The summed E-state index contributed by atoms with van der Waals surface area (Å²) < 4.78 is 21.0. The Morgan fingerprint density at radius 2 is 2.05 bits per heavy atom. The smallest absolute Gasteiger partial charge is 0.182 e. The highest BCUT2D eigenvalue weighted by Gasteiger charge is 2.10. The summed E-state index contributed by atoms with van der Waals surface area (Å²) in [6.45, 7) is 0. The molecule has 3 aromatic rings. The van der Waals surface area contributed by atoms with Gasteiger partial charge in [0.25, 0.3) is 0 Å². The number of hydrogen-bond donors (Lipinski definition) is 1. The standard InChI is InChI=1S/C14H10ClFN2OS/c1-19-13-5-3-9(7-10(13)16)18-12-6-8(15)2-4-11(12)17-14(18)20/h2-7H,1H3,(H,17,20). The molecule has 0 aliphatic heterocycles. The van der Waals surface area contributed by atoms with Gasteiger partial charge in [-0.2, -0.15) is 0 Å². The maximum absolute atomic E-state index is 13.8. The molecule has 1 heterocycles. The lowest BCUT2D eigenvalue weighted by molar-refractivity contribution is 0.386. The molecule has 1 aromatic heterocycles. The number of H-pyrrole nitrogens is 1. The predicted molar refractivity (Wildman–Crippen MR) is 80.0 cm³/mol. The van der Waals surface area contributed by atoms with Gasteiger partial charge in [0.1, 0.15) is 0 Å². The third-order valence-electron chi connectivity index (χ3n) is 3.04. The van der Waals surface area contributed by atoms with Crippen molar-refractivity contribution in [2.75, 3.05) is 7.11 Å². The Hall–Kier alpha value is -1.85. The Morgan fingerprint density at radius 1 is 1.25 bits per heavy atom. The second-order valence-electron chi connectivity index (χ2n) is 4.25. The Balaban J connectivity index is 2.28. The normalized spacial score (nSPS) is 10.9. The topological polar surface area (TPSA) is 29.9 Å². The SMILES string of the molecule is COc1ccc(-n2c(=S)[nH]c3ccc(Cl)cc32)cc1F. The largest absolute Gasteiger partial charge is 0.494 e. The van der Waals surface area contributed by atoms with Crippen LogP contribution in [0.4, 0.5) is 4.39 Å². The number of methoxy groups -OCH3 is 1. The van der Waals surface area contributed by atoms with Gasteiger partial charge in [-0.15, -0.1) is 0 Å². The summed E-state index contributed by atoms with van der Waals surface area (Å²) in [6, 6.07) is 10.1. The molecule has 0 saturated heterocycles. The highest BCUT2D eigenvalue weighted by Crippen LogP contribution is 2.25. The highest BCUT2D eigenvalue weighted by atomic mass is 35.5. The highest BCUT2D eigenvalue weighted by molar-refractivity contribution is 7.71. The van der Waals surface area contributed by atoms with Crippen LogP contribution in [0.3, 0.4) is 0 Å². The Labute approximate surface area is 124 Å². The first kappa shape index (κ1) is 13.1. The van der Waals surface area contributed by atoms with Gasteiger partial charge in [-0.3, -0.25) is 4.57 Å². The average Bonchev–Trinajstić information content (AvgIpc) is 2.74. The number of nitrogens with zero attached hydrogens (tertiary/aromatic N) is 1. The minimum atomic E-state index is -0.441. The molecular formula is C14H10ClFN2OS. The van der Waals surface area contributed by atoms with Crippen molar-refractivity contribution in [3.8, 4) is 11.4 Å². The van der Waals surface area contributed by atoms with E-state index in [1.165, 1.54) is 13.2 Å². The van der Waals surface area contributed by atoms with Gasteiger partial charge in [0.05, 0.1) is 23.8 Å². The molecule has 0 aliphatic rings. The number of nitrogens with one attached hydrogen (secondary N) is 1. The number of benzene rings is 2. The first-order valence-corrected chi connectivity index (χ1v) is 6.63. The molecule has 2 aromatic carbocycles. The molecule has 0 unspecified atom stereocenters. The molecule has 0 amide bonds. The molecule has 102 valence electrons. The van der Waals surface area contributed by atoms with Crippen molar-refractivity contribution in [2.24, 2.45) is 0 Å². The molecule has 0 atom stereocenters. The fraction of sp³-hybridized carbons (Fsp3) is 0.0714. The zero-order valence-electron chi connectivity index (χ0n) is 10.5. The molecule has 3 rings (SSSR count). The summed E-state index contributed by atoms with van der Waals surface area (Å²) in [6.07, 6.45) is 0. The summed E-state index contributed by atoms with van der Waals surface area (Å²) >= 11 is 11.3. The van der Waals surface area contributed by atoms with Gasteiger partial charge in [-0.1, -0.05) is 11.6 Å². The first-order chi connectivity index (χ1) is 9.60. The lowest BCUT2D eigenvalue weighted by Crippen LogP contribution is -1.96. The van der Waals surface area contributed by atoms with Gasteiger partial charge >= 0.3 is 0 Å². The van der Waals surface area contributed by atoms with E-state index in [9.17, 15) is 4.39 Å². The minimum absolute atomic E-state index is 0.193. The maximum atomic E-state index is 13.8. The molecule has 0 aliphatic carbocycles.